The average Bonchev–Trinajstić information content (AvgIpc) is 3.14. The number of hydrogen-bond acceptors (Lipinski definition) is 4. The quantitative estimate of drug-likeness (QED) is 0.189. The highest BCUT2D eigenvalue weighted by Gasteiger charge is 2.21. The van der Waals surface area contributed by atoms with Gasteiger partial charge in [0.05, 0.1) is 34.1 Å². The molecule has 7 nitrogen and oxygen atoms in total. The Morgan fingerprint density at radius 1 is 0.862 bits per heavy atom. The van der Waals surface area contributed by atoms with Gasteiger partial charge in [0.15, 0.2) is 0 Å². The first-order valence-corrected chi connectivity index (χ1v) is 12.7. The molecular formula is C21H43N3O4P+. The van der Waals surface area contributed by atoms with Gasteiger partial charge < -0.3 is 13.9 Å². The number of aromatic nitrogens is 2. The van der Waals surface area contributed by atoms with Gasteiger partial charge in [-0.1, -0.05) is 57.8 Å². The smallest absolute Gasteiger partial charge is 0.337 e. The maximum absolute atomic E-state index is 11.8. The molecule has 0 radical (unpaired) electrons. The zero-order valence-electron chi connectivity index (χ0n) is 18.8. The Bertz CT molecular complexity index is 547. The van der Waals surface area contributed by atoms with E-state index in [0.717, 1.165) is 25.8 Å². The highest BCUT2D eigenvalue weighted by Crippen LogP contribution is 2.43. The third-order valence-electron chi connectivity index (χ3n) is 4.89. The maximum atomic E-state index is 11.8. The van der Waals surface area contributed by atoms with E-state index >= 15 is 0 Å². The Labute approximate surface area is 177 Å². The van der Waals surface area contributed by atoms with Crippen molar-refractivity contribution in [3.05, 3.63) is 18.7 Å². The zero-order valence-corrected chi connectivity index (χ0v) is 19.7. The van der Waals surface area contributed by atoms with E-state index in [2.05, 4.69) is 9.55 Å². The topological polar surface area (TPSA) is 73.6 Å². The normalized spacial score (nSPS) is 14.2. The van der Waals surface area contributed by atoms with Crippen molar-refractivity contribution in [3.8, 4) is 0 Å². The lowest BCUT2D eigenvalue weighted by Gasteiger charge is -2.24. The average molecular weight is 433 g/mol. The lowest BCUT2D eigenvalue weighted by Crippen LogP contribution is -2.37. The second-order valence-corrected chi connectivity index (χ2v) is 10.3. The van der Waals surface area contributed by atoms with E-state index in [4.69, 9.17) is 9.05 Å². The van der Waals surface area contributed by atoms with Gasteiger partial charge in [-0.05, 0) is 12.8 Å². The first kappa shape index (κ1) is 26.3. The molecule has 1 heterocycles. The molecule has 1 aromatic heterocycles. The van der Waals surface area contributed by atoms with Crippen LogP contribution >= 0.6 is 7.82 Å². The number of unbranched alkanes of at least 4 members (excludes halogenated alkanes) is 10. The number of aryl methyl sites for hydroxylation is 1. The van der Waals surface area contributed by atoms with Gasteiger partial charge in [-0.15, -0.1) is 0 Å². The highest BCUT2D eigenvalue weighted by atomic mass is 31.2. The van der Waals surface area contributed by atoms with Crippen molar-refractivity contribution in [2.45, 2.75) is 77.2 Å². The molecule has 0 aliphatic carbocycles. The second kappa shape index (κ2) is 15.1. The summed E-state index contributed by atoms with van der Waals surface area (Å²) in [7, 11) is 2.14. The third kappa shape index (κ3) is 16.7. The summed E-state index contributed by atoms with van der Waals surface area (Å²) >= 11 is 0. The number of quaternary nitrogens is 1. The molecule has 8 heteroatoms. The molecule has 1 N–H and O–H groups in total. The molecule has 0 amide bonds. The second-order valence-electron chi connectivity index (χ2n) is 8.84. The molecule has 0 bridgehead atoms. The molecule has 0 aliphatic heterocycles. The molecule has 1 aromatic rings. The summed E-state index contributed by atoms with van der Waals surface area (Å²) in [5, 5.41) is 0. The van der Waals surface area contributed by atoms with Crippen molar-refractivity contribution in [1.82, 2.24) is 9.55 Å². The van der Waals surface area contributed by atoms with Gasteiger partial charge in [-0.2, -0.15) is 0 Å². The number of imidazole rings is 1. The van der Waals surface area contributed by atoms with Gasteiger partial charge in [0.2, 0.25) is 0 Å². The Hall–Kier alpha value is -0.720. The monoisotopic (exact) mass is 432 g/mol. The molecule has 0 aliphatic rings. The number of nitrogens with zero attached hydrogens (tertiary/aromatic N) is 3. The fourth-order valence-corrected chi connectivity index (χ4v) is 3.80. The lowest BCUT2D eigenvalue weighted by molar-refractivity contribution is -0.870. The predicted octanol–water partition coefficient (Wildman–Crippen LogP) is 5.01. The van der Waals surface area contributed by atoms with Crippen LogP contribution in [0.4, 0.5) is 0 Å². The van der Waals surface area contributed by atoms with E-state index in [1.165, 1.54) is 51.4 Å². The number of phosphoric ester groups is 1. The molecule has 0 fully saturated rings. The first-order valence-electron chi connectivity index (χ1n) is 11.2. The standard InChI is InChI=1S/C21H42N3O4P/c1-24(2,3)18-20-28-29(25,26)27-19-14-12-10-8-6-4-5-7-9-11-13-16-23-17-15-22-21-23/h15,17,21H,4-14,16,18-20H2,1-3H3/p+1. The van der Waals surface area contributed by atoms with E-state index < -0.39 is 7.82 Å². The van der Waals surface area contributed by atoms with E-state index in [-0.39, 0.29) is 13.2 Å². The van der Waals surface area contributed by atoms with Crippen LogP contribution in [0.5, 0.6) is 0 Å². The van der Waals surface area contributed by atoms with Crippen LogP contribution in [0.25, 0.3) is 0 Å². The molecule has 1 rings (SSSR count). The largest absolute Gasteiger partial charge is 0.472 e. The van der Waals surface area contributed by atoms with E-state index in [1.807, 2.05) is 39.9 Å². The van der Waals surface area contributed by atoms with E-state index in [1.54, 1.807) is 0 Å². The summed E-state index contributed by atoms with van der Waals surface area (Å²) in [5.41, 5.74) is 0. The lowest BCUT2D eigenvalue weighted by atomic mass is 10.1. The molecule has 0 aromatic carbocycles. The number of phosphoric acid groups is 1. The van der Waals surface area contributed by atoms with E-state index in [0.29, 0.717) is 11.0 Å². The van der Waals surface area contributed by atoms with Gasteiger partial charge >= 0.3 is 7.82 Å². The van der Waals surface area contributed by atoms with Crippen LogP contribution < -0.4 is 0 Å². The minimum absolute atomic E-state index is 0.224. The van der Waals surface area contributed by atoms with Crippen LogP contribution in [0.2, 0.25) is 0 Å². The minimum atomic E-state index is -3.89. The van der Waals surface area contributed by atoms with Crippen molar-refractivity contribution in [2.75, 3.05) is 40.9 Å². The molecule has 29 heavy (non-hydrogen) atoms. The molecule has 0 saturated heterocycles. The number of hydrogen-bond donors (Lipinski definition) is 1. The van der Waals surface area contributed by atoms with Crippen molar-refractivity contribution < 1.29 is 23.0 Å². The zero-order chi connectivity index (χ0) is 21.4. The molecule has 170 valence electrons. The van der Waals surface area contributed by atoms with Crippen LogP contribution in [0.3, 0.4) is 0 Å². The van der Waals surface area contributed by atoms with Crippen LogP contribution in [-0.4, -0.2) is 59.8 Å². The fraction of sp³-hybridized carbons (Fsp3) is 0.857. The van der Waals surface area contributed by atoms with Crippen LogP contribution in [0.15, 0.2) is 18.7 Å². The third-order valence-corrected chi connectivity index (χ3v) is 5.91. The van der Waals surface area contributed by atoms with Gasteiger partial charge in [-0.25, -0.2) is 9.55 Å². The van der Waals surface area contributed by atoms with Gasteiger partial charge in [-0.3, -0.25) is 9.05 Å². The molecular weight excluding hydrogens is 389 g/mol. The molecule has 1 atom stereocenters. The van der Waals surface area contributed by atoms with Crippen molar-refractivity contribution >= 4 is 7.82 Å². The summed E-state index contributed by atoms with van der Waals surface area (Å²) in [6.07, 6.45) is 19.1. The van der Waals surface area contributed by atoms with Crippen molar-refractivity contribution in [3.63, 3.8) is 0 Å². The maximum Gasteiger partial charge on any atom is 0.472 e. The van der Waals surface area contributed by atoms with Crippen LogP contribution in [0.1, 0.15) is 70.6 Å². The van der Waals surface area contributed by atoms with Crippen molar-refractivity contribution in [2.24, 2.45) is 0 Å². The summed E-state index contributed by atoms with van der Waals surface area (Å²) in [4.78, 5) is 13.7. The Morgan fingerprint density at radius 3 is 1.90 bits per heavy atom. The summed E-state index contributed by atoms with van der Waals surface area (Å²) in [5.74, 6) is 0. The highest BCUT2D eigenvalue weighted by molar-refractivity contribution is 7.47. The molecule has 0 spiro atoms. The fourth-order valence-electron chi connectivity index (χ4n) is 3.05. The summed E-state index contributed by atoms with van der Waals surface area (Å²) in [6, 6.07) is 0. The molecule has 1 unspecified atom stereocenters. The Kier molecular flexibility index (Phi) is 13.7. The van der Waals surface area contributed by atoms with Crippen LogP contribution in [0, 0.1) is 0 Å². The minimum Gasteiger partial charge on any atom is -0.337 e. The first-order chi connectivity index (χ1) is 13.8. The molecule has 0 saturated carbocycles. The number of likely N-dealkylation sites (N-methyl/N-ethyl adjacent to an activating group) is 1. The van der Waals surface area contributed by atoms with Crippen molar-refractivity contribution in [1.29, 1.82) is 0 Å². The SMILES string of the molecule is C[N+](C)(C)CCOP(=O)(O)OCCCCCCCCCCCCCn1ccnc1. The van der Waals surface area contributed by atoms with Gasteiger partial charge in [0.25, 0.3) is 0 Å². The summed E-state index contributed by atoms with van der Waals surface area (Å²) in [6.45, 7) is 2.26. The number of rotatable bonds is 19. The summed E-state index contributed by atoms with van der Waals surface area (Å²) < 4.78 is 24.6. The van der Waals surface area contributed by atoms with E-state index in [9.17, 15) is 9.46 Å². The van der Waals surface area contributed by atoms with Gasteiger partial charge in [0.1, 0.15) is 13.2 Å². The Morgan fingerprint density at radius 2 is 1.38 bits per heavy atom. The Balaban J connectivity index is 1.80. The van der Waals surface area contributed by atoms with Gasteiger partial charge in [0, 0.05) is 18.9 Å². The predicted molar refractivity (Wildman–Crippen MR) is 118 cm³/mol. The van der Waals surface area contributed by atoms with Crippen LogP contribution in [-0.2, 0) is 20.2 Å².